The Morgan fingerprint density at radius 3 is 2.62 bits per heavy atom. The van der Waals surface area contributed by atoms with E-state index in [-0.39, 0.29) is 23.5 Å². The fourth-order valence-electron chi connectivity index (χ4n) is 4.69. The van der Waals surface area contributed by atoms with Crippen molar-refractivity contribution < 1.29 is 29.0 Å². The first-order valence-corrected chi connectivity index (χ1v) is 11.6. The van der Waals surface area contributed by atoms with Crippen molar-refractivity contribution >= 4 is 34.6 Å². The largest absolute Gasteiger partial charge is 0.478 e. The van der Waals surface area contributed by atoms with Crippen LogP contribution in [0.1, 0.15) is 56.8 Å². The Balaban J connectivity index is 1.38. The molecule has 0 radical (unpaired) electrons. The lowest BCUT2D eigenvalue weighted by atomic mass is 9.77. The average molecular weight is 470 g/mol. The summed E-state index contributed by atoms with van der Waals surface area (Å²) in [5.41, 5.74) is 0.240. The lowest BCUT2D eigenvalue weighted by Crippen LogP contribution is -2.56. The zero-order valence-electron chi connectivity index (χ0n) is 19.8. The van der Waals surface area contributed by atoms with Gasteiger partial charge in [0.15, 0.2) is 0 Å². The number of morpholine rings is 1. The van der Waals surface area contributed by atoms with Crippen molar-refractivity contribution in [3.8, 4) is 0 Å². The number of fused-ring (bicyclic) bond motifs is 1. The number of aromatic carboxylic acids is 1. The van der Waals surface area contributed by atoms with Gasteiger partial charge in [-0.1, -0.05) is 0 Å². The predicted molar refractivity (Wildman–Crippen MR) is 126 cm³/mol. The first-order chi connectivity index (χ1) is 16.1. The Morgan fingerprint density at radius 2 is 1.94 bits per heavy atom. The maximum atomic E-state index is 13.0. The predicted octanol–water partition coefficient (Wildman–Crippen LogP) is 4.07. The van der Waals surface area contributed by atoms with E-state index in [2.05, 4.69) is 10.3 Å². The van der Waals surface area contributed by atoms with Gasteiger partial charge in [-0.05, 0) is 70.7 Å². The molecule has 1 saturated heterocycles. The summed E-state index contributed by atoms with van der Waals surface area (Å²) in [6.45, 7) is 6.95. The molecule has 1 spiro atoms. The Hall–Kier alpha value is -3.20. The van der Waals surface area contributed by atoms with Gasteiger partial charge in [0.05, 0.1) is 29.8 Å². The number of aromatic nitrogens is 1. The molecular formula is C25H31N3O6. The maximum Gasteiger partial charge on any atom is 0.410 e. The van der Waals surface area contributed by atoms with Crippen LogP contribution in [0.5, 0.6) is 0 Å². The van der Waals surface area contributed by atoms with Crippen molar-refractivity contribution in [2.24, 2.45) is 5.92 Å². The molecule has 9 nitrogen and oxygen atoms in total. The summed E-state index contributed by atoms with van der Waals surface area (Å²) >= 11 is 0. The number of carboxylic acid groups (broad SMARTS) is 1. The van der Waals surface area contributed by atoms with Crippen LogP contribution in [0.4, 0.5) is 10.5 Å². The number of carbonyl (C=O) groups is 3. The van der Waals surface area contributed by atoms with Gasteiger partial charge in [0.2, 0.25) is 5.91 Å². The Morgan fingerprint density at radius 1 is 1.21 bits per heavy atom. The standard InChI is InChI=1S/C25H31N3O6/c1-24(2,3)34-23(32)28-12-13-33-25(15-28)9-6-16(7-10-25)21(29)27-17-4-5-20-19(14-17)18(22(30)31)8-11-26-20/h4-5,8,11,14,16H,6-7,9-10,12-13,15H2,1-3H3,(H,27,29)(H,30,31). The number of hydrogen-bond acceptors (Lipinski definition) is 6. The number of hydrogen-bond donors (Lipinski definition) is 2. The topological polar surface area (TPSA) is 118 Å². The highest BCUT2D eigenvalue weighted by atomic mass is 16.6. The van der Waals surface area contributed by atoms with Gasteiger partial charge in [-0.15, -0.1) is 0 Å². The average Bonchev–Trinajstić information content (AvgIpc) is 2.78. The highest BCUT2D eigenvalue weighted by Gasteiger charge is 2.43. The molecule has 1 aromatic heterocycles. The van der Waals surface area contributed by atoms with Gasteiger partial charge in [-0.2, -0.15) is 0 Å². The SMILES string of the molecule is CC(C)(C)OC(=O)N1CCOC2(CCC(C(=O)Nc3ccc4nccc(C(=O)O)c4c3)CC2)C1. The first-order valence-electron chi connectivity index (χ1n) is 11.6. The van der Waals surface area contributed by atoms with Gasteiger partial charge >= 0.3 is 12.1 Å². The zero-order valence-corrected chi connectivity index (χ0v) is 19.8. The number of anilines is 1. The minimum atomic E-state index is -1.04. The summed E-state index contributed by atoms with van der Waals surface area (Å²) in [7, 11) is 0. The molecule has 1 aromatic carbocycles. The van der Waals surface area contributed by atoms with E-state index in [1.54, 1.807) is 23.1 Å². The normalized spacial score (nSPS) is 23.0. The molecule has 34 heavy (non-hydrogen) atoms. The second-order valence-corrected chi connectivity index (χ2v) is 10.1. The summed E-state index contributed by atoms with van der Waals surface area (Å²) in [6.07, 6.45) is 3.76. The van der Waals surface area contributed by atoms with Gasteiger partial charge in [0.1, 0.15) is 5.60 Å². The molecule has 182 valence electrons. The van der Waals surface area contributed by atoms with Crippen molar-refractivity contribution in [3.63, 3.8) is 0 Å². The maximum absolute atomic E-state index is 13.0. The summed E-state index contributed by atoms with van der Waals surface area (Å²) < 4.78 is 11.6. The molecule has 9 heteroatoms. The molecule has 4 rings (SSSR count). The van der Waals surface area contributed by atoms with Gasteiger partial charge < -0.3 is 24.8 Å². The molecule has 0 atom stereocenters. The molecule has 2 aromatic rings. The molecule has 2 amide bonds. The zero-order chi connectivity index (χ0) is 24.5. The van der Waals surface area contributed by atoms with Crippen LogP contribution in [0.25, 0.3) is 10.9 Å². The second-order valence-electron chi connectivity index (χ2n) is 10.1. The van der Waals surface area contributed by atoms with E-state index in [1.807, 2.05) is 20.8 Å². The Labute approximate surface area is 198 Å². The number of amides is 2. The van der Waals surface area contributed by atoms with Gasteiger partial charge in [-0.25, -0.2) is 9.59 Å². The van der Waals surface area contributed by atoms with Crippen molar-refractivity contribution in [1.82, 2.24) is 9.88 Å². The minimum Gasteiger partial charge on any atom is -0.478 e. The number of pyridine rings is 1. The van der Waals surface area contributed by atoms with Crippen LogP contribution in [0, 0.1) is 5.92 Å². The molecule has 2 N–H and O–H groups in total. The van der Waals surface area contributed by atoms with E-state index in [0.717, 1.165) is 0 Å². The number of carbonyl (C=O) groups excluding carboxylic acids is 2. The van der Waals surface area contributed by atoms with E-state index in [0.29, 0.717) is 62.0 Å². The van der Waals surface area contributed by atoms with Crippen LogP contribution < -0.4 is 5.32 Å². The fourth-order valence-corrected chi connectivity index (χ4v) is 4.69. The monoisotopic (exact) mass is 469 g/mol. The van der Waals surface area contributed by atoms with E-state index < -0.39 is 17.2 Å². The van der Waals surface area contributed by atoms with Crippen molar-refractivity contribution in [3.05, 3.63) is 36.0 Å². The smallest absolute Gasteiger partial charge is 0.410 e. The summed E-state index contributed by atoms with van der Waals surface area (Å²) in [5, 5.41) is 12.8. The number of nitrogens with one attached hydrogen (secondary N) is 1. The summed E-state index contributed by atoms with van der Waals surface area (Å²) in [6, 6.07) is 6.53. The molecule has 2 heterocycles. The number of rotatable bonds is 3. The van der Waals surface area contributed by atoms with E-state index in [1.165, 1.54) is 12.3 Å². The van der Waals surface area contributed by atoms with E-state index in [9.17, 15) is 19.5 Å². The quantitative estimate of drug-likeness (QED) is 0.696. The third-order valence-corrected chi connectivity index (χ3v) is 6.41. The number of ether oxygens (including phenoxy) is 2. The van der Waals surface area contributed by atoms with Crippen LogP contribution in [0.15, 0.2) is 30.5 Å². The number of benzene rings is 1. The van der Waals surface area contributed by atoms with Gasteiger partial charge in [0, 0.05) is 29.7 Å². The highest BCUT2D eigenvalue weighted by molar-refractivity contribution is 6.04. The molecule has 0 bridgehead atoms. The Bertz CT molecular complexity index is 1100. The fraction of sp³-hybridized carbons (Fsp3) is 0.520. The third-order valence-electron chi connectivity index (χ3n) is 6.41. The van der Waals surface area contributed by atoms with Crippen molar-refractivity contribution in [1.29, 1.82) is 0 Å². The summed E-state index contributed by atoms with van der Waals surface area (Å²) in [4.78, 5) is 42.9. The van der Waals surface area contributed by atoms with Crippen LogP contribution in [-0.2, 0) is 14.3 Å². The lowest BCUT2D eigenvalue weighted by molar-refractivity contribution is -0.138. The molecular weight excluding hydrogens is 438 g/mol. The molecule has 0 unspecified atom stereocenters. The molecule has 2 fully saturated rings. The molecule has 1 aliphatic heterocycles. The van der Waals surface area contributed by atoms with Crippen LogP contribution in [0.2, 0.25) is 0 Å². The van der Waals surface area contributed by atoms with E-state index in [4.69, 9.17) is 9.47 Å². The van der Waals surface area contributed by atoms with Crippen molar-refractivity contribution in [2.45, 2.75) is 57.7 Å². The first kappa shape index (κ1) is 23.9. The molecule has 1 saturated carbocycles. The third kappa shape index (κ3) is 5.30. The van der Waals surface area contributed by atoms with Crippen LogP contribution >= 0.6 is 0 Å². The second kappa shape index (κ2) is 9.21. The van der Waals surface area contributed by atoms with Gasteiger partial charge in [-0.3, -0.25) is 9.78 Å². The lowest BCUT2D eigenvalue weighted by Gasteiger charge is -2.46. The van der Waals surface area contributed by atoms with Crippen LogP contribution in [0.3, 0.4) is 0 Å². The highest BCUT2D eigenvalue weighted by Crippen LogP contribution is 2.38. The van der Waals surface area contributed by atoms with E-state index >= 15 is 0 Å². The van der Waals surface area contributed by atoms with Gasteiger partial charge in [0.25, 0.3) is 0 Å². The minimum absolute atomic E-state index is 0.102. The van der Waals surface area contributed by atoms with Crippen LogP contribution in [-0.4, -0.2) is 63.9 Å². The summed E-state index contributed by atoms with van der Waals surface area (Å²) in [5.74, 6) is -1.33. The number of carboxylic acids is 1. The number of nitrogens with zero attached hydrogens (tertiary/aromatic N) is 2. The molecule has 1 aliphatic carbocycles. The van der Waals surface area contributed by atoms with Crippen molar-refractivity contribution in [2.75, 3.05) is 25.0 Å². The Kier molecular flexibility index (Phi) is 6.49. The molecule has 2 aliphatic rings.